The van der Waals surface area contributed by atoms with E-state index in [1.54, 1.807) is 0 Å². The van der Waals surface area contributed by atoms with Gasteiger partial charge in [0.05, 0.1) is 24.9 Å². The monoisotopic (exact) mass is 367 g/mol. The molecule has 0 amide bonds. The van der Waals surface area contributed by atoms with E-state index < -0.39 is 0 Å². The van der Waals surface area contributed by atoms with Crippen LogP contribution in [0.3, 0.4) is 0 Å². The predicted octanol–water partition coefficient (Wildman–Crippen LogP) is 2.37. The van der Waals surface area contributed by atoms with Gasteiger partial charge in [-0.15, -0.1) is 17.5 Å². The van der Waals surface area contributed by atoms with E-state index in [1.807, 2.05) is 0 Å². The summed E-state index contributed by atoms with van der Waals surface area (Å²) < 4.78 is 7.63. The van der Waals surface area contributed by atoms with Gasteiger partial charge in [-0.1, -0.05) is 5.21 Å². The van der Waals surface area contributed by atoms with Gasteiger partial charge in [0.25, 0.3) is 0 Å². The molecule has 4 saturated carbocycles. The van der Waals surface area contributed by atoms with Gasteiger partial charge >= 0.3 is 0 Å². The Morgan fingerprint density at radius 2 is 1.72 bits per heavy atom. The van der Waals surface area contributed by atoms with Crippen LogP contribution in [0.2, 0.25) is 0 Å². The molecule has 0 spiro atoms. The Kier molecular flexibility index (Phi) is 4.95. The molecule has 0 radical (unpaired) electrons. The smallest absolute Gasteiger partial charge is 0.168 e. The van der Waals surface area contributed by atoms with E-state index in [1.165, 1.54) is 38.5 Å². The maximum atomic E-state index is 5.40. The first-order chi connectivity index (χ1) is 11.8. The highest BCUT2D eigenvalue weighted by molar-refractivity contribution is 5.85. The van der Waals surface area contributed by atoms with E-state index in [2.05, 4.69) is 31.4 Å². The molecule has 140 valence electrons. The first kappa shape index (κ1) is 17.6. The zero-order chi connectivity index (χ0) is 16.0. The molecular weight excluding hydrogens is 338 g/mol. The van der Waals surface area contributed by atoms with Crippen molar-refractivity contribution in [1.29, 1.82) is 0 Å². The van der Waals surface area contributed by atoms with Crippen molar-refractivity contribution in [3.8, 4) is 0 Å². The average molecular weight is 368 g/mol. The summed E-state index contributed by atoms with van der Waals surface area (Å²) >= 11 is 0. The Labute approximate surface area is 156 Å². The van der Waals surface area contributed by atoms with E-state index in [0.29, 0.717) is 0 Å². The van der Waals surface area contributed by atoms with Crippen molar-refractivity contribution in [1.82, 2.24) is 19.9 Å². The van der Waals surface area contributed by atoms with Crippen LogP contribution in [-0.4, -0.2) is 59.3 Å². The first-order valence-electron chi connectivity index (χ1n) is 9.76. The van der Waals surface area contributed by atoms with Crippen molar-refractivity contribution < 1.29 is 4.74 Å². The zero-order valence-corrected chi connectivity index (χ0v) is 15.7. The Bertz CT molecular complexity index is 550. The molecule has 1 N–H and O–H groups in total. The molecule has 0 aromatic carbocycles. The minimum atomic E-state index is 0. The molecule has 25 heavy (non-hydrogen) atoms. The minimum Gasteiger partial charge on any atom is -0.379 e. The van der Waals surface area contributed by atoms with E-state index >= 15 is 0 Å². The lowest BCUT2D eigenvalue weighted by Gasteiger charge is -2.56. The second-order valence-electron chi connectivity index (χ2n) is 8.57. The minimum absolute atomic E-state index is 0. The SMILES string of the molecule is Cl.c1c(NCCN2CCOCC2)nnn1C12CC3CC(CC(C3)C1)C2. The van der Waals surface area contributed by atoms with Gasteiger partial charge in [-0.2, -0.15) is 0 Å². The number of morpholine rings is 1. The van der Waals surface area contributed by atoms with Crippen LogP contribution in [0.1, 0.15) is 38.5 Å². The molecule has 6 nitrogen and oxygen atoms in total. The molecule has 5 aliphatic rings. The number of nitrogens with one attached hydrogen (secondary N) is 1. The van der Waals surface area contributed by atoms with Gasteiger partial charge in [0.1, 0.15) is 0 Å². The molecule has 0 atom stereocenters. The third kappa shape index (κ3) is 3.40. The van der Waals surface area contributed by atoms with Crippen molar-refractivity contribution in [2.45, 2.75) is 44.1 Å². The number of halogens is 1. The second-order valence-corrected chi connectivity index (χ2v) is 8.57. The predicted molar refractivity (Wildman–Crippen MR) is 99.2 cm³/mol. The van der Waals surface area contributed by atoms with Crippen LogP contribution in [0.25, 0.3) is 0 Å². The number of hydrogen-bond donors (Lipinski definition) is 1. The number of ether oxygens (including phenoxy) is 1. The number of hydrogen-bond acceptors (Lipinski definition) is 5. The third-order valence-corrected chi connectivity index (χ3v) is 6.82. The van der Waals surface area contributed by atoms with Crippen LogP contribution in [0.5, 0.6) is 0 Å². The molecule has 7 heteroatoms. The van der Waals surface area contributed by atoms with Gasteiger partial charge in [-0.3, -0.25) is 4.90 Å². The molecule has 4 bridgehead atoms. The highest BCUT2D eigenvalue weighted by Gasteiger charge is 2.52. The van der Waals surface area contributed by atoms with E-state index in [4.69, 9.17) is 4.74 Å². The van der Waals surface area contributed by atoms with E-state index in [-0.39, 0.29) is 17.9 Å². The highest BCUT2D eigenvalue weighted by atomic mass is 35.5. The van der Waals surface area contributed by atoms with Crippen LogP contribution in [0.4, 0.5) is 5.82 Å². The molecule has 2 heterocycles. The Balaban J connectivity index is 0.00000157. The molecular formula is C18H30ClN5O. The number of rotatable bonds is 5. The van der Waals surface area contributed by atoms with Gasteiger partial charge in [-0.25, -0.2) is 4.68 Å². The van der Waals surface area contributed by atoms with Gasteiger partial charge in [0, 0.05) is 26.2 Å². The van der Waals surface area contributed by atoms with Gasteiger partial charge in [0.2, 0.25) is 0 Å². The molecule has 6 rings (SSSR count). The topological polar surface area (TPSA) is 55.2 Å². The summed E-state index contributed by atoms with van der Waals surface area (Å²) in [5.74, 6) is 3.77. The summed E-state index contributed by atoms with van der Waals surface area (Å²) in [4.78, 5) is 2.44. The number of nitrogens with zero attached hydrogens (tertiary/aromatic N) is 4. The summed E-state index contributed by atoms with van der Waals surface area (Å²) in [5.41, 5.74) is 0.284. The normalized spacial score (nSPS) is 37.0. The highest BCUT2D eigenvalue weighted by Crippen LogP contribution is 2.58. The fourth-order valence-electron chi connectivity index (χ4n) is 6.09. The summed E-state index contributed by atoms with van der Waals surface area (Å²) in [5, 5.41) is 12.4. The second kappa shape index (κ2) is 7.05. The maximum absolute atomic E-state index is 5.40. The standard InChI is InChI=1S/C18H29N5O.ClH/c1(2-22-3-5-24-6-4-22)19-17-13-23(21-20-17)18-10-14-7-15(11-18)9-16(8-14)12-18;/h13-16,19H,1-12H2;1H. The zero-order valence-electron chi connectivity index (χ0n) is 14.9. The Morgan fingerprint density at radius 3 is 2.36 bits per heavy atom. The fourth-order valence-corrected chi connectivity index (χ4v) is 6.09. The number of aromatic nitrogens is 3. The van der Waals surface area contributed by atoms with Crippen LogP contribution in [-0.2, 0) is 10.3 Å². The van der Waals surface area contributed by atoms with E-state index in [9.17, 15) is 0 Å². The Morgan fingerprint density at radius 1 is 1.08 bits per heavy atom. The van der Waals surface area contributed by atoms with Crippen molar-refractivity contribution in [3.05, 3.63) is 6.20 Å². The molecule has 1 aromatic heterocycles. The summed E-state index contributed by atoms with van der Waals surface area (Å²) in [7, 11) is 0. The first-order valence-corrected chi connectivity index (χ1v) is 9.76. The fraction of sp³-hybridized carbons (Fsp3) is 0.889. The molecule has 1 aliphatic heterocycles. The third-order valence-electron chi connectivity index (χ3n) is 6.82. The lowest BCUT2D eigenvalue weighted by Crippen LogP contribution is -2.52. The molecule has 1 aromatic rings. The quantitative estimate of drug-likeness (QED) is 0.865. The van der Waals surface area contributed by atoms with Crippen molar-refractivity contribution in [2.24, 2.45) is 17.8 Å². The largest absolute Gasteiger partial charge is 0.379 e. The summed E-state index contributed by atoms with van der Waals surface area (Å²) in [6.07, 6.45) is 10.6. The van der Waals surface area contributed by atoms with Gasteiger partial charge < -0.3 is 10.1 Å². The Hall–Kier alpha value is -0.850. The van der Waals surface area contributed by atoms with Crippen molar-refractivity contribution in [2.75, 3.05) is 44.7 Å². The summed E-state index contributed by atoms with van der Waals surface area (Å²) in [6.45, 7) is 5.79. The lowest BCUT2D eigenvalue weighted by molar-refractivity contribution is -0.0502. The summed E-state index contributed by atoms with van der Waals surface area (Å²) in [6, 6.07) is 0. The van der Waals surface area contributed by atoms with Crippen LogP contribution >= 0.6 is 12.4 Å². The van der Waals surface area contributed by atoms with Crippen LogP contribution < -0.4 is 5.32 Å². The van der Waals surface area contributed by atoms with Crippen molar-refractivity contribution >= 4 is 18.2 Å². The van der Waals surface area contributed by atoms with Crippen LogP contribution in [0.15, 0.2) is 6.20 Å². The van der Waals surface area contributed by atoms with Crippen molar-refractivity contribution in [3.63, 3.8) is 0 Å². The number of anilines is 1. The van der Waals surface area contributed by atoms with Gasteiger partial charge in [-0.05, 0) is 56.3 Å². The molecule has 0 unspecified atom stereocenters. The molecule has 4 aliphatic carbocycles. The lowest BCUT2D eigenvalue weighted by atomic mass is 9.53. The maximum Gasteiger partial charge on any atom is 0.168 e. The molecule has 5 fully saturated rings. The molecule has 1 saturated heterocycles. The van der Waals surface area contributed by atoms with E-state index in [0.717, 1.165) is 63.0 Å². The van der Waals surface area contributed by atoms with Crippen LogP contribution in [0, 0.1) is 17.8 Å². The average Bonchev–Trinajstić information content (AvgIpc) is 3.04. The van der Waals surface area contributed by atoms with Gasteiger partial charge in [0.15, 0.2) is 5.82 Å².